The van der Waals surface area contributed by atoms with Gasteiger partial charge in [-0.05, 0) is 31.0 Å². The number of piperazine rings is 1. The number of aryl methyl sites for hydroxylation is 1. The van der Waals surface area contributed by atoms with Crippen LogP contribution in [0.4, 0.5) is 0 Å². The Balaban J connectivity index is 1.66. The van der Waals surface area contributed by atoms with Crippen molar-refractivity contribution in [2.75, 3.05) is 26.2 Å². The number of benzene rings is 1. The molecule has 130 valence electrons. The molecule has 1 saturated heterocycles. The first-order valence-electron chi connectivity index (χ1n) is 8.40. The Bertz CT molecular complexity index is 763. The van der Waals surface area contributed by atoms with Crippen molar-refractivity contribution in [3.05, 3.63) is 52.9 Å². The van der Waals surface area contributed by atoms with Crippen LogP contribution in [0.5, 0.6) is 0 Å². The Labute approximate surface area is 148 Å². The van der Waals surface area contributed by atoms with Gasteiger partial charge in [0.15, 0.2) is 0 Å². The fraction of sp³-hybridized carbons (Fsp3) is 0.444. The minimum absolute atomic E-state index is 0.310. The molecule has 1 unspecified atom stereocenters. The van der Waals surface area contributed by atoms with Crippen molar-refractivity contribution in [3.63, 3.8) is 0 Å². The highest BCUT2D eigenvalue weighted by Gasteiger charge is 2.31. The third-order valence-corrected chi connectivity index (χ3v) is 8.28. The Morgan fingerprint density at radius 1 is 1.04 bits per heavy atom. The van der Waals surface area contributed by atoms with Gasteiger partial charge in [-0.1, -0.05) is 37.3 Å². The number of nitrogens with zero attached hydrogens (tertiary/aromatic N) is 2. The van der Waals surface area contributed by atoms with Crippen LogP contribution < -0.4 is 0 Å². The molecule has 1 aliphatic heterocycles. The Morgan fingerprint density at radius 2 is 1.71 bits per heavy atom. The van der Waals surface area contributed by atoms with Gasteiger partial charge in [-0.25, -0.2) is 8.42 Å². The van der Waals surface area contributed by atoms with Gasteiger partial charge >= 0.3 is 0 Å². The van der Waals surface area contributed by atoms with Crippen LogP contribution in [-0.4, -0.2) is 43.8 Å². The van der Waals surface area contributed by atoms with Crippen molar-refractivity contribution >= 4 is 21.4 Å². The van der Waals surface area contributed by atoms with E-state index < -0.39 is 10.0 Å². The van der Waals surface area contributed by atoms with Gasteiger partial charge in [0.05, 0.1) is 0 Å². The predicted octanol–water partition coefficient (Wildman–Crippen LogP) is 3.38. The molecule has 0 spiro atoms. The zero-order valence-corrected chi connectivity index (χ0v) is 15.8. The number of hydrogen-bond acceptors (Lipinski definition) is 4. The van der Waals surface area contributed by atoms with Crippen LogP contribution in [0.1, 0.15) is 30.3 Å². The van der Waals surface area contributed by atoms with Gasteiger partial charge in [-0.2, -0.15) is 4.31 Å². The van der Waals surface area contributed by atoms with Crippen molar-refractivity contribution in [1.82, 2.24) is 9.21 Å². The van der Waals surface area contributed by atoms with Gasteiger partial charge in [0.2, 0.25) is 0 Å². The van der Waals surface area contributed by atoms with Crippen LogP contribution in [0.25, 0.3) is 0 Å². The summed E-state index contributed by atoms with van der Waals surface area (Å²) in [4.78, 5) is 3.47. The molecule has 1 atom stereocenters. The summed E-state index contributed by atoms with van der Waals surface area (Å²) in [5, 5.41) is 0. The maximum Gasteiger partial charge on any atom is 0.252 e. The van der Waals surface area contributed by atoms with E-state index in [0.717, 1.165) is 24.4 Å². The lowest BCUT2D eigenvalue weighted by molar-refractivity contribution is 0.146. The molecule has 24 heavy (non-hydrogen) atoms. The summed E-state index contributed by atoms with van der Waals surface area (Å²) in [5.41, 5.74) is 1.28. The lowest BCUT2D eigenvalue weighted by atomic mass is 10.1. The van der Waals surface area contributed by atoms with Gasteiger partial charge < -0.3 is 0 Å². The SMILES string of the molecule is CCc1ccc(S(=O)(=O)N2CCN(C(C)c3ccccc3)CC2)s1. The second-order valence-corrected chi connectivity index (χ2v) is 9.43. The van der Waals surface area contributed by atoms with E-state index in [1.165, 1.54) is 16.9 Å². The summed E-state index contributed by atoms with van der Waals surface area (Å²) >= 11 is 1.39. The molecule has 1 fully saturated rings. The molecule has 0 radical (unpaired) electrons. The van der Waals surface area contributed by atoms with Gasteiger partial charge in [-0.15, -0.1) is 11.3 Å². The highest BCUT2D eigenvalue weighted by atomic mass is 32.2. The monoisotopic (exact) mass is 364 g/mol. The van der Waals surface area contributed by atoms with Gasteiger partial charge in [0.25, 0.3) is 10.0 Å². The second kappa shape index (κ2) is 7.35. The van der Waals surface area contributed by atoms with Crippen LogP contribution in [0.3, 0.4) is 0 Å². The Kier molecular flexibility index (Phi) is 5.39. The topological polar surface area (TPSA) is 40.6 Å². The predicted molar refractivity (Wildman–Crippen MR) is 98.9 cm³/mol. The molecule has 1 aromatic heterocycles. The average molecular weight is 365 g/mol. The minimum atomic E-state index is -3.34. The van der Waals surface area contributed by atoms with Crippen molar-refractivity contribution in [2.45, 2.75) is 30.5 Å². The molecule has 0 amide bonds. The third kappa shape index (κ3) is 3.57. The molecule has 0 saturated carbocycles. The number of rotatable bonds is 5. The smallest absolute Gasteiger partial charge is 0.252 e. The summed E-state index contributed by atoms with van der Waals surface area (Å²) in [6.07, 6.45) is 0.878. The highest BCUT2D eigenvalue weighted by Crippen LogP contribution is 2.27. The van der Waals surface area contributed by atoms with Gasteiger partial charge in [-0.3, -0.25) is 4.90 Å². The van der Waals surface area contributed by atoms with Crippen molar-refractivity contribution < 1.29 is 8.42 Å². The summed E-state index contributed by atoms with van der Waals surface area (Å²) in [5.74, 6) is 0. The largest absolute Gasteiger partial charge is 0.294 e. The van der Waals surface area contributed by atoms with E-state index in [9.17, 15) is 8.42 Å². The highest BCUT2D eigenvalue weighted by molar-refractivity contribution is 7.91. The minimum Gasteiger partial charge on any atom is -0.294 e. The van der Waals surface area contributed by atoms with E-state index in [1.807, 2.05) is 19.1 Å². The molecule has 6 heteroatoms. The molecule has 1 aliphatic rings. The molecule has 0 bridgehead atoms. The van der Waals surface area contributed by atoms with Crippen LogP contribution in [0.2, 0.25) is 0 Å². The number of sulfonamides is 1. The molecular formula is C18H24N2O2S2. The van der Waals surface area contributed by atoms with Crippen LogP contribution in [-0.2, 0) is 16.4 Å². The molecular weight excluding hydrogens is 340 g/mol. The Hall–Kier alpha value is -1.21. The molecule has 4 nitrogen and oxygen atoms in total. The van der Waals surface area contributed by atoms with Crippen molar-refractivity contribution in [1.29, 1.82) is 0 Å². The maximum atomic E-state index is 12.8. The van der Waals surface area contributed by atoms with E-state index in [2.05, 4.69) is 36.1 Å². The summed E-state index contributed by atoms with van der Waals surface area (Å²) in [6.45, 7) is 6.87. The number of thiophene rings is 1. The number of hydrogen-bond donors (Lipinski definition) is 0. The zero-order chi connectivity index (χ0) is 17.2. The first kappa shape index (κ1) is 17.6. The second-order valence-electron chi connectivity index (χ2n) is 6.10. The van der Waals surface area contributed by atoms with Crippen LogP contribution in [0.15, 0.2) is 46.7 Å². The first-order chi connectivity index (χ1) is 11.5. The molecule has 0 N–H and O–H groups in total. The van der Waals surface area contributed by atoms with Crippen molar-refractivity contribution in [3.8, 4) is 0 Å². The van der Waals surface area contributed by atoms with E-state index in [1.54, 1.807) is 10.4 Å². The first-order valence-corrected chi connectivity index (χ1v) is 10.7. The molecule has 2 aromatic rings. The molecule has 0 aliphatic carbocycles. The van der Waals surface area contributed by atoms with Crippen LogP contribution in [0, 0.1) is 0 Å². The van der Waals surface area contributed by atoms with Crippen LogP contribution >= 0.6 is 11.3 Å². The standard InChI is InChI=1S/C18H24N2O2S2/c1-3-17-9-10-18(23-17)24(21,22)20-13-11-19(12-14-20)15(2)16-7-5-4-6-8-16/h4-10,15H,3,11-14H2,1-2H3. The fourth-order valence-electron chi connectivity index (χ4n) is 3.09. The lowest BCUT2D eigenvalue weighted by Gasteiger charge is -2.37. The molecule has 3 rings (SSSR count). The Morgan fingerprint density at radius 3 is 2.29 bits per heavy atom. The zero-order valence-electron chi connectivity index (χ0n) is 14.2. The lowest BCUT2D eigenvalue weighted by Crippen LogP contribution is -2.49. The summed E-state index contributed by atoms with van der Waals surface area (Å²) < 4.78 is 27.7. The fourth-order valence-corrected chi connectivity index (χ4v) is 5.96. The average Bonchev–Trinajstić information content (AvgIpc) is 3.12. The van der Waals surface area contributed by atoms with E-state index in [-0.39, 0.29) is 0 Å². The third-order valence-electron chi connectivity index (χ3n) is 4.68. The molecule has 1 aromatic carbocycles. The quantitative estimate of drug-likeness (QED) is 0.817. The maximum absolute atomic E-state index is 12.8. The van der Waals surface area contributed by atoms with E-state index >= 15 is 0 Å². The molecule has 2 heterocycles. The normalized spacial score (nSPS) is 18.6. The van der Waals surface area contributed by atoms with E-state index in [0.29, 0.717) is 23.3 Å². The summed E-state index contributed by atoms with van der Waals surface area (Å²) in [6, 6.07) is 14.4. The summed E-state index contributed by atoms with van der Waals surface area (Å²) in [7, 11) is -3.34. The van der Waals surface area contributed by atoms with Gasteiger partial charge in [0, 0.05) is 37.1 Å². The van der Waals surface area contributed by atoms with Crippen molar-refractivity contribution in [2.24, 2.45) is 0 Å². The van der Waals surface area contributed by atoms with Gasteiger partial charge in [0.1, 0.15) is 4.21 Å². The van der Waals surface area contributed by atoms with E-state index in [4.69, 9.17) is 0 Å².